The Morgan fingerprint density at radius 1 is 0.471 bits per heavy atom. The van der Waals surface area contributed by atoms with Crippen molar-refractivity contribution in [2.24, 2.45) is 0 Å². The van der Waals surface area contributed by atoms with Crippen molar-refractivity contribution < 1.29 is 69.7 Å². The van der Waals surface area contributed by atoms with Gasteiger partial charge in [0.25, 0.3) is 0 Å². The fourth-order valence-corrected chi connectivity index (χ4v) is 4.92. The van der Waals surface area contributed by atoms with Crippen LogP contribution in [-0.2, 0) is 39.7 Å². The van der Waals surface area contributed by atoms with Crippen LogP contribution >= 0.6 is 0 Å². The van der Waals surface area contributed by atoms with Crippen molar-refractivity contribution >= 4 is 11.9 Å². The van der Waals surface area contributed by atoms with Gasteiger partial charge in [0, 0.05) is 77.4 Å². The first-order valence-electron chi connectivity index (χ1n) is 16.5. The minimum absolute atomic E-state index is 0. The standard InChI is InChI=1S/C28H54N8.2C2H4O2.Cu.6H2O/c1-9-29-15-17-31-13-3-21-35(23-19-33-11-1)25-27-5-7-28(8-6-27)26-36-22-4-14-32-18-16-30-10-2-12-34-20-24-36;2*1-2(3)4;;;;;;;/h5-8,29-34H,1-4,9-26H2;2*1H3,(H,3,4);;6*1H2/q;;;+2;;;;;;/p-2. The van der Waals surface area contributed by atoms with Gasteiger partial charge in [-0.2, -0.15) is 0 Å². The van der Waals surface area contributed by atoms with E-state index in [1.807, 2.05) is 0 Å². The van der Waals surface area contributed by atoms with E-state index in [2.05, 4.69) is 66.0 Å². The zero-order valence-corrected chi connectivity index (χ0v) is 31.6. The number of benzene rings is 1. The molecule has 0 spiro atoms. The monoisotopic (exact) mass is 791 g/mol. The summed E-state index contributed by atoms with van der Waals surface area (Å²) in [4.78, 5) is 23.0. The van der Waals surface area contributed by atoms with Gasteiger partial charge in [-0.05, 0) is 103 Å². The second-order valence-corrected chi connectivity index (χ2v) is 11.3. The number of hydrogen-bond acceptors (Lipinski definition) is 12. The summed E-state index contributed by atoms with van der Waals surface area (Å²) >= 11 is 0. The van der Waals surface area contributed by atoms with Crippen LogP contribution in [0.3, 0.4) is 0 Å². The number of carboxylic acids is 2. The van der Waals surface area contributed by atoms with E-state index in [4.69, 9.17) is 19.8 Å². The van der Waals surface area contributed by atoms with Crippen molar-refractivity contribution in [3.05, 3.63) is 35.4 Å². The maximum Gasteiger partial charge on any atom is 2.00 e. The first-order chi connectivity index (χ1) is 21.4. The summed E-state index contributed by atoms with van der Waals surface area (Å²) in [5.41, 5.74) is 2.86. The van der Waals surface area contributed by atoms with Crippen LogP contribution in [0.2, 0.25) is 0 Å². The van der Waals surface area contributed by atoms with E-state index < -0.39 is 11.9 Å². The van der Waals surface area contributed by atoms with Gasteiger partial charge >= 0.3 is 17.1 Å². The fourth-order valence-electron chi connectivity index (χ4n) is 4.92. The quantitative estimate of drug-likeness (QED) is 0.155. The summed E-state index contributed by atoms with van der Waals surface area (Å²) in [6.07, 6.45) is 4.80. The van der Waals surface area contributed by atoms with Crippen LogP contribution in [0.25, 0.3) is 0 Å². The van der Waals surface area contributed by atoms with Gasteiger partial charge in [-0.15, -0.1) is 0 Å². The molecule has 2 saturated heterocycles. The number of nitrogens with one attached hydrogen (secondary N) is 6. The molecule has 0 amide bonds. The molecule has 19 heteroatoms. The minimum Gasteiger partial charge on any atom is -0.550 e. The maximum atomic E-state index is 8.89. The SMILES string of the molecule is CC(=O)[O-].CC(=O)[O-].O.O.O.O.O.O.[Cu+2].c1cc(CN2CCCNCCNCCCNCC2)ccc1CN1CCCNCCNCCCNCC1. The van der Waals surface area contributed by atoms with E-state index in [1.54, 1.807) is 0 Å². The molecule has 0 aliphatic carbocycles. The summed E-state index contributed by atoms with van der Waals surface area (Å²) in [5.74, 6) is -2.17. The van der Waals surface area contributed by atoms with Gasteiger partial charge in [-0.25, -0.2) is 0 Å². The number of carbonyl (C=O) groups is 2. The maximum absolute atomic E-state index is 8.89. The third kappa shape index (κ3) is 44.2. The molecule has 1 aromatic rings. The van der Waals surface area contributed by atoms with Gasteiger partial charge in [-0.1, -0.05) is 24.3 Å². The number of nitrogens with zero attached hydrogens (tertiary/aromatic N) is 2. The molecule has 0 atom stereocenters. The van der Waals surface area contributed by atoms with Gasteiger partial charge in [0.2, 0.25) is 0 Å². The van der Waals surface area contributed by atoms with Crippen molar-refractivity contribution in [3.63, 3.8) is 0 Å². The Labute approximate surface area is 315 Å². The van der Waals surface area contributed by atoms with Gasteiger partial charge in [0.15, 0.2) is 0 Å². The van der Waals surface area contributed by atoms with Crippen LogP contribution in [0.4, 0.5) is 0 Å². The zero-order chi connectivity index (χ0) is 32.1. The number of hydrogen-bond donors (Lipinski definition) is 6. The molecular weight excluding hydrogens is 720 g/mol. The predicted molar refractivity (Wildman–Crippen MR) is 196 cm³/mol. The first-order valence-corrected chi connectivity index (χ1v) is 16.5. The Kier molecular flexibility index (Phi) is 58.0. The number of carboxylic acid groups (broad SMARTS) is 2. The summed E-state index contributed by atoms with van der Waals surface area (Å²) in [6, 6.07) is 9.42. The molecule has 2 heterocycles. The molecule has 2 aliphatic heterocycles. The van der Waals surface area contributed by atoms with E-state index in [1.165, 1.54) is 36.8 Å². The fraction of sp³-hybridized carbons (Fsp3) is 0.750. The molecule has 2 fully saturated rings. The molecule has 311 valence electrons. The zero-order valence-electron chi connectivity index (χ0n) is 30.7. The number of rotatable bonds is 4. The van der Waals surface area contributed by atoms with E-state index in [0.29, 0.717) is 0 Å². The molecule has 1 aromatic carbocycles. The Bertz CT molecular complexity index is 752. The van der Waals surface area contributed by atoms with Crippen molar-refractivity contribution in [1.29, 1.82) is 0 Å². The average Bonchev–Trinajstić information content (AvgIpc) is 2.97. The smallest absolute Gasteiger partial charge is 0.550 e. The largest absolute Gasteiger partial charge is 2.00 e. The van der Waals surface area contributed by atoms with E-state index in [0.717, 1.165) is 132 Å². The average molecular weight is 793 g/mol. The summed E-state index contributed by atoms with van der Waals surface area (Å²) < 4.78 is 0. The van der Waals surface area contributed by atoms with Crippen LogP contribution in [0.1, 0.15) is 50.7 Å². The molecule has 1 radical (unpaired) electrons. The second kappa shape index (κ2) is 46.1. The molecule has 3 rings (SSSR count). The summed E-state index contributed by atoms with van der Waals surface area (Å²) in [6.45, 7) is 21.6. The van der Waals surface area contributed by atoms with Crippen molar-refractivity contribution in [2.45, 2.75) is 52.6 Å². The minimum atomic E-state index is -1.08. The Morgan fingerprint density at radius 2 is 0.706 bits per heavy atom. The van der Waals surface area contributed by atoms with E-state index in [9.17, 15) is 0 Å². The molecule has 2 aliphatic rings. The Morgan fingerprint density at radius 3 is 0.980 bits per heavy atom. The van der Waals surface area contributed by atoms with Crippen molar-refractivity contribution in [3.8, 4) is 0 Å². The summed E-state index contributed by atoms with van der Waals surface area (Å²) in [5, 5.41) is 39.2. The van der Waals surface area contributed by atoms with Crippen LogP contribution in [0.15, 0.2) is 24.3 Å². The molecule has 0 unspecified atom stereocenters. The van der Waals surface area contributed by atoms with Crippen LogP contribution in [0.5, 0.6) is 0 Å². The Hall–Kier alpha value is -1.88. The van der Waals surface area contributed by atoms with Gasteiger partial charge in [0.1, 0.15) is 0 Å². The van der Waals surface area contributed by atoms with Crippen molar-refractivity contribution in [2.75, 3.05) is 105 Å². The molecule has 18 N–H and O–H groups in total. The van der Waals surface area contributed by atoms with Gasteiger partial charge < -0.3 is 84.6 Å². The molecule has 0 aromatic heterocycles. The van der Waals surface area contributed by atoms with Crippen LogP contribution < -0.4 is 42.1 Å². The van der Waals surface area contributed by atoms with Crippen LogP contribution in [-0.4, -0.2) is 159 Å². The topological polar surface area (TPSA) is 348 Å². The molecular formula is C32H72CuN8O10. The predicted octanol–water partition coefficient (Wildman–Crippen LogP) is -7.02. The molecule has 51 heavy (non-hydrogen) atoms. The molecule has 0 bridgehead atoms. The normalized spacial score (nSPS) is 17.1. The van der Waals surface area contributed by atoms with E-state index in [-0.39, 0.29) is 49.9 Å². The summed E-state index contributed by atoms with van der Waals surface area (Å²) in [7, 11) is 0. The molecule has 18 nitrogen and oxygen atoms in total. The molecule has 0 saturated carbocycles. The van der Waals surface area contributed by atoms with Crippen LogP contribution in [0, 0.1) is 0 Å². The first kappa shape index (κ1) is 64.1. The van der Waals surface area contributed by atoms with Gasteiger partial charge in [0.05, 0.1) is 0 Å². The number of carbonyl (C=O) groups excluding carboxylic acids is 2. The van der Waals surface area contributed by atoms with Gasteiger partial charge in [-0.3, -0.25) is 9.80 Å². The second-order valence-electron chi connectivity index (χ2n) is 11.3. The van der Waals surface area contributed by atoms with E-state index >= 15 is 0 Å². The third-order valence-corrected chi connectivity index (χ3v) is 7.07. The number of aliphatic carboxylic acids is 2. The Balaban J connectivity index is -0.000000234. The van der Waals surface area contributed by atoms with Crippen molar-refractivity contribution in [1.82, 2.24) is 41.7 Å². The third-order valence-electron chi connectivity index (χ3n) is 7.07.